The third-order valence-corrected chi connectivity index (χ3v) is 3.46. The van der Waals surface area contributed by atoms with Gasteiger partial charge in [0.15, 0.2) is 0 Å². The van der Waals surface area contributed by atoms with E-state index in [2.05, 4.69) is 0 Å². The van der Waals surface area contributed by atoms with Crippen LogP contribution in [-0.4, -0.2) is 18.8 Å². The van der Waals surface area contributed by atoms with Gasteiger partial charge in [0, 0.05) is 24.6 Å². The summed E-state index contributed by atoms with van der Waals surface area (Å²) in [6.07, 6.45) is 3.47. The molecule has 2 heterocycles. The van der Waals surface area contributed by atoms with E-state index < -0.39 is 0 Å². The second-order valence-electron chi connectivity index (χ2n) is 4.59. The fourth-order valence-electron chi connectivity index (χ4n) is 2.61. The van der Waals surface area contributed by atoms with Crippen LogP contribution in [0.2, 0.25) is 0 Å². The predicted octanol–water partition coefficient (Wildman–Crippen LogP) is 2.02. The van der Waals surface area contributed by atoms with Crippen LogP contribution < -0.4 is 10.5 Å². The molecule has 0 bridgehead atoms. The lowest BCUT2D eigenvalue weighted by molar-refractivity contribution is -0.00194. The highest BCUT2D eigenvalue weighted by molar-refractivity contribution is 5.37. The van der Waals surface area contributed by atoms with Crippen molar-refractivity contribution in [3.05, 3.63) is 29.8 Å². The Morgan fingerprint density at radius 1 is 1.19 bits per heavy atom. The molecule has 0 saturated carbocycles. The van der Waals surface area contributed by atoms with E-state index >= 15 is 0 Å². The van der Waals surface area contributed by atoms with Crippen LogP contribution in [0.15, 0.2) is 24.3 Å². The maximum atomic E-state index is 6.17. The Kier molecular flexibility index (Phi) is 2.58. The lowest BCUT2D eigenvalue weighted by Gasteiger charge is -2.33. The van der Waals surface area contributed by atoms with Gasteiger partial charge in [0.05, 0.1) is 6.10 Å². The van der Waals surface area contributed by atoms with Gasteiger partial charge in [-0.05, 0) is 18.9 Å². The summed E-state index contributed by atoms with van der Waals surface area (Å²) in [5, 5.41) is 0. The largest absolute Gasteiger partial charge is 0.487 e. The molecule has 2 unspecified atom stereocenters. The van der Waals surface area contributed by atoms with Crippen LogP contribution in [0.4, 0.5) is 0 Å². The standard InChI is InChI=1S/C13H17NO2/c14-10-8-13(12-6-3-7-15-12)16-11-5-2-1-4-9(10)11/h1-2,4-5,10,12-13H,3,6-8,14H2/t10-,12?,13?/m0/s1. The molecule has 0 spiro atoms. The van der Waals surface area contributed by atoms with Crippen LogP contribution in [0, 0.1) is 0 Å². The first-order valence-electron chi connectivity index (χ1n) is 5.97. The van der Waals surface area contributed by atoms with E-state index in [0.29, 0.717) is 0 Å². The fraction of sp³-hybridized carbons (Fsp3) is 0.538. The minimum absolute atomic E-state index is 0.0825. The molecular formula is C13H17NO2. The van der Waals surface area contributed by atoms with Crippen molar-refractivity contribution < 1.29 is 9.47 Å². The SMILES string of the molecule is N[C@H]1CC(C2CCCO2)Oc2ccccc21. The molecule has 0 radical (unpaired) electrons. The molecule has 2 N–H and O–H groups in total. The molecule has 3 atom stereocenters. The van der Waals surface area contributed by atoms with Gasteiger partial charge in [0.25, 0.3) is 0 Å². The van der Waals surface area contributed by atoms with Gasteiger partial charge >= 0.3 is 0 Å². The molecule has 1 fully saturated rings. The number of fused-ring (bicyclic) bond motifs is 1. The van der Waals surface area contributed by atoms with E-state index in [0.717, 1.165) is 37.2 Å². The number of nitrogens with two attached hydrogens (primary N) is 1. The third kappa shape index (κ3) is 1.70. The third-order valence-electron chi connectivity index (χ3n) is 3.46. The van der Waals surface area contributed by atoms with Crippen molar-refractivity contribution in [2.75, 3.05) is 6.61 Å². The van der Waals surface area contributed by atoms with Crippen molar-refractivity contribution in [3.63, 3.8) is 0 Å². The Morgan fingerprint density at radius 2 is 2.06 bits per heavy atom. The number of rotatable bonds is 1. The highest BCUT2D eigenvalue weighted by Gasteiger charge is 2.33. The topological polar surface area (TPSA) is 44.5 Å². The van der Waals surface area contributed by atoms with E-state index in [1.54, 1.807) is 0 Å². The van der Waals surface area contributed by atoms with Crippen LogP contribution in [-0.2, 0) is 4.74 Å². The molecule has 0 aromatic heterocycles. The molecule has 1 saturated heterocycles. The van der Waals surface area contributed by atoms with Crippen molar-refractivity contribution in [3.8, 4) is 5.75 Å². The summed E-state index contributed by atoms with van der Waals surface area (Å²) in [5.74, 6) is 0.932. The minimum atomic E-state index is 0.0825. The summed E-state index contributed by atoms with van der Waals surface area (Å²) in [6, 6.07) is 8.12. The predicted molar refractivity (Wildman–Crippen MR) is 61.4 cm³/mol. The van der Waals surface area contributed by atoms with Gasteiger partial charge < -0.3 is 15.2 Å². The maximum Gasteiger partial charge on any atom is 0.127 e. The van der Waals surface area contributed by atoms with Crippen molar-refractivity contribution in [1.29, 1.82) is 0 Å². The molecule has 16 heavy (non-hydrogen) atoms. The number of hydrogen-bond acceptors (Lipinski definition) is 3. The Hall–Kier alpha value is -1.06. The van der Waals surface area contributed by atoms with Crippen LogP contribution in [0.25, 0.3) is 0 Å². The zero-order chi connectivity index (χ0) is 11.0. The normalized spacial score (nSPS) is 33.2. The van der Waals surface area contributed by atoms with E-state index in [9.17, 15) is 0 Å². The molecule has 3 rings (SSSR count). The highest BCUT2D eigenvalue weighted by atomic mass is 16.5. The molecule has 0 amide bonds. The van der Waals surface area contributed by atoms with E-state index in [1.165, 1.54) is 0 Å². The Morgan fingerprint density at radius 3 is 2.88 bits per heavy atom. The summed E-state index contributed by atoms with van der Waals surface area (Å²) in [7, 11) is 0. The van der Waals surface area contributed by atoms with Gasteiger partial charge in [-0.1, -0.05) is 18.2 Å². The molecule has 0 aliphatic carbocycles. The quantitative estimate of drug-likeness (QED) is 0.786. The Bertz CT molecular complexity index is 374. The highest BCUT2D eigenvalue weighted by Crippen LogP contribution is 2.36. The Balaban J connectivity index is 1.83. The number of benzene rings is 1. The van der Waals surface area contributed by atoms with Crippen LogP contribution in [0.3, 0.4) is 0 Å². The van der Waals surface area contributed by atoms with Crippen molar-refractivity contribution >= 4 is 0 Å². The van der Waals surface area contributed by atoms with Crippen LogP contribution in [0.5, 0.6) is 5.75 Å². The zero-order valence-corrected chi connectivity index (χ0v) is 9.26. The summed E-state index contributed by atoms with van der Waals surface area (Å²) in [5.41, 5.74) is 7.29. The molecule has 3 heteroatoms. The molecule has 2 aliphatic rings. The second-order valence-corrected chi connectivity index (χ2v) is 4.59. The average molecular weight is 219 g/mol. The Labute approximate surface area is 95.5 Å². The fourth-order valence-corrected chi connectivity index (χ4v) is 2.61. The average Bonchev–Trinajstić information content (AvgIpc) is 2.82. The summed E-state index contributed by atoms with van der Waals surface area (Å²) >= 11 is 0. The first kappa shape index (κ1) is 10.1. The van der Waals surface area contributed by atoms with Crippen molar-refractivity contribution in [2.24, 2.45) is 5.73 Å². The molecule has 86 valence electrons. The van der Waals surface area contributed by atoms with Gasteiger partial charge in [-0.2, -0.15) is 0 Å². The molecule has 1 aromatic carbocycles. The molecule has 2 aliphatic heterocycles. The smallest absolute Gasteiger partial charge is 0.127 e. The minimum Gasteiger partial charge on any atom is -0.487 e. The zero-order valence-electron chi connectivity index (χ0n) is 9.26. The van der Waals surface area contributed by atoms with Crippen LogP contribution in [0.1, 0.15) is 30.9 Å². The van der Waals surface area contributed by atoms with Crippen molar-refractivity contribution in [1.82, 2.24) is 0 Å². The lowest BCUT2D eigenvalue weighted by atomic mass is 9.94. The first-order chi connectivity index (χ1) is 7.84. The summed E-state index contributed by atoms with van der Waals surface area (Å²) in [4.78, 5) is 0. The maximum absolute atomic E-state index is 6.17. The summed E-state index contributed by atoms with van der Waals surface area (Å²) < 4.78 is 11.7. The summed E-state index contributed by atoms with van der Waals surface area (Å²) in [6.45, 7) is 0.863. The second kappa shape index (κ2) is 4.07. The van der Waals surface area contributed by atoms with Gasteiger partial charge in [0.1, 0.15) is 11.9 Å². The van der Waals surface area contributed by atoms with Gasteiger partial charge in [0.2, 0.25) is 0 Å². The van der Waals surface area contributed by atoms with E-state index in [4.69, 9.17) is 15.2 Å². The molecule has 3 nitrogen and oxygen atoms in total. The number of para-hydroxylation sites is 1. The number of ether oxygens (including phenoxy) is 2. The molecule has 1 aromatic rings. The van der Waals surface area contributed by atoms with Gasteiger partial charge in [-0.15, -0.1) is 0 Å². The van der Waals surface area contributed by atoms with Gasteiger partial charge in [-0.25, -0.2) is 0 Å². The molecular weight excluding hydrogens is 202 g/mol. The number of hydrogen-bond donors (Lipinski definition) is 1. The van der Waals surface area contributed by atoms with E-state index in [-0.39, 0.29) is 18.2 Å². The van der Waals surface area contributed by atoms with Crippen LogP contribution >= 0.6 is 0 Å². The van der Waals surface area contributed by atoms with E-state index in [1.807, 2.05) is 24.3 Å². The lowest BCUT2D eigenvalue weighted by Crippen LogP contribution is -2.38. The monoisotopic (exact) mass is 219 g/mol. The van der Waals surface area contributed by atoms with Gasteiger partial charge in [-0.3, -0.25) is 0 Å². The van der Waals surface area contributed by atoms with Crippen molar-refractivity contribution in [2.45, 2.75) is 37.5 Å². The first-order valence-corrected chi connectivity index (χ1v) is 5.97.